The number of anilines is 1. The number of rotatable bonds is 9. The average molecular weight is 644 g/mol. The first-order valence-electron chi connectivity index (χ1n) is 13.4. The van der Waals surface area contributed by atoms with E-state index in [4.69, 9.17) is 11.6 Å². The number of halogens is 5. The number of nitrogens with one attached hydrogen (secondary N) is 2. The molecule has 10 nitrogen and oxygen atoms in total. The molecule has 2 aromatic carbocycles. The molecule has 1 heterocycles. The molecule has 1 aliphatic rings. The van der Waals surface area contributed by atoms with E-state index in [0.29, 0.717) is 10.7 Å². The van der Waals surface area contributed by atoms with Crippen LogP contribution in [-0.4, -0.2) is 65.2 Å². The third kappa shape index (κ3) is 8.46. The number of nitrogens with zero attached hydrogens (tertiary/aromatic N) is 1. The Hall–Kier alpha value is -4.20. The van der Waals surface area contributed by atoms with E-state index >= 15 is 0 Å². The third-order valence-electron chi connectivity index (χ3n) is 6.90. The van der Waals surface area contributed by atoms with Crippen molar-refractivity contribution < 1.29 is 51.4 Å². The zero-order chi connectivity index (χ0) is 32.9. The molecule has 0 unspecified atom stereocenters. The maximum absolute atomic E-state index is 13.8. The zero-order valence-corrected chi connectivity index (χ0v) is 24.7. The number of piperidine rings is 1. The second-order valence-corrected chi connectivity index (χ2v) is 11.6. The molecule has 44 heavy (non-hydrogen) atoms. The number of amides is 3. The Morgan fingerprint density at radius 1 is 1.02 bits per heavy atom. The quantitative estimate of drug-likeness (QED) is 0.213. The van der Waals surface area contributed by atoms with E-state index in [1.807, 2.05) is 20.8 Å². The van der Waals surface area contributed by atoms with Crippen LogP contribution in [0.5, 0.6) is 5.75 Å². The zero-order valence-electron chi connectivity index (χ0n) is 23.9. The van der Waals surface area contributed by atoms with Crippen molar-refractivity contribution in [3.63, 3.8) is 0 Å². The van der Waals surface area contributed by atoms with Gasteiger partial charge < -0.3 is 25.4 Å². The second-order valence-electron chi connectivity index (χ2n) is 11.2. The molecule has 1 saturated heterocycles. The summed E-state index contributed by atoms with van der Waals surface area (Å²) in [7, 11) is 0. The van der Waals surface area contributed by atoms with Crippen LogP contribution in [0.15, 0.2) is 24.3 Å². The van der Waals surface area contributed by atoms with Gasteiger partial charge in [0.15, 0.2) is 23.2 Å². The Kier molecular flexibility index (Phi) is 11.0. The van der Waals surface area contributed by atoms with Crippen LogP contribution in [0.25, 0.3) is 0 Å². The minimum atomic E-state index is -1.90. The molecule has 15 heteroatoms. The standard InChI is InChI=1S/C29H30ClF4N3O7/c1-29(2,3)16-10-15(30)4-5-19(16)35-27(42)28(43)37-8-6-14(7-9-37)26(41)36-20(12-22(39)40)21(38)13-44-25-23(33)17(31)11-18(32)24(25)34/h4-5,10-11,14,20H,6-9,12-13H2,1-3H3,(H,35,42)(H,36,41)(H,39,40)/t20-/m0/s1. The van der Waals surface area contributed by atoms with Crippen LogP contribution < -0.4 is 15.4 Å². The van der Waals surface area contributed by atoms with Crippen molar-refractivity contribution in [2.24, 2.45) is 5.92 Å². The van der Waals surface area contributed by atoms with Gasteiger partial charge in [-0.05, 0) is 42.0 Å². The molecule has 0 bridgehead atoms. The molecule has 1 aliphatic heterocycles. The fraction of sp³-hybridized carbons (Fsp3) is 0.414. The third-order valence-corrected chi connectivity index (χ3v) is 7.13. The Morgan fingerprint density at radius 3 is 2.16 bits per heavy atom. The van der Waals surface area contributed by atoms with Gasteiger partial charge in [0, 0.05) is 35.8 Å². The maximum Gasteiger partial charge on any atom is 0.313 e. The van der Waals surface area contributed by atoms with Gasteiger partial charge >= 0.3 is 17.8 Å². The van der Waals surface area contributed by atoms with E-state index < -0.39 is 88.9 Å². The van der Waals surface area contributed by atoms with Crippen molar-refractivity contribution in [2.75, 3.05) is 25.0 Å². The lowest BCUT2D eigenvalue weighted by Crippen LogP contribution is -2.50. The van der Waals surface area contributed by atoms with Gasteiger partial charge in [-0.25, -0.2) is 8.78 Å². The number of ether oxygens (including phenoxy) is 1. The van der Waals surface area contributed by atoms with Gasteiger partial charge in [0.1, 0.15) is 12.6 Å². The van der Waals surface area contributed by atoms with E-state index in [0.717, 1.165) is 5.56 Å². The highest BCUT2D eigenvalue weighted by Gasteiger charge is 2.33. The molecule has 2 aromatic rings. The number of carbonyl (C=O) groups excluding carboxylic acids is 4. The van der Waals surface area contributed by atoms with Crippen LogP contribution in [0.3, 0.4) is 0 Å². The van der Waals surface area contributed by atoms with Gasteiger partial charge in [0.05, 0.1) is 6.42 Å². The summed E-state index contributed by atoms with van der Waals surface area (Å²) in [5.74, 6) is -14.7. The summed E-state index contributed by atoms with van der Waals surface area (Å²) in [6.07, 6.45) is -0.778. The lowest BCUT2D eigenvalue weighted by molar-refractivity contribution is -0.145. The summed E-state index contributed by atoms with van der Waals surface area (Å²) < 4.78 is 59.1. The molecule has 3 N–H and O–H groups in total. The summed E-state index contributed by atoms with van der Waals surface area (Å²) >= 11 is 6.09. The van der Waals surface area contributed by atoms with E-state index in [1.54, 1.807) is 18.2 Å². The van der Waals surface area contributed by atoms with Crippen LogP contribution in [0.1, 0.15) is 45.6 Å². The van der Waals surface area contributed by atoms with Crippen molar-refractivity contribution in [3.8, 4) is 5.75 Å². The lowest BCUT2D eigenvalue weighted by atomic mass is 9.86. The number of aliphatic carboxylic acids is 1. The highest BCUT2D eigenvalue weighted by Crippen LogP contribution is 2.32. The van der Waals surface area contributed by atoms with Gasteiger partial charge in [-0.15, -0.1) is 0 Å². The molecule has 238 valence electrons. The monoisotopic (exact) mass is 643 g/mol. The molecule has 0 aliphatic carbocycles. The van der Waals surface area contributed by atoms with Gasteiger partial charge in [-0.2, -0.15) is 8.78 Å². The molecule has 1 fully saturated rings. The number of hydrogen-bond acceptors (Lipinski definition) is 6. The first-order chi connectivity index (χ1) is 20.5. The minimum absolute atomic E-state index is 0.00142. The summed E-state index contributed by atoms with van der Waals surface area (Å²) in [5, 5.41) is 14.5. The normalized spacial score (nSPS) is 14.5. The molecular weight excluding hydrogens is 614 g/mol. The second kappa shape index (κ2) is 14.1. The van der Waals surface area contributed by atoms with Crippen LogP contribution >= 0.6 is 11.6 Å². The molecule has 3 rings (SSSR count). The number of likely N-dealkylation sites (tertiary alicyclic amines) is 1. The van der Waals surface area contributed by atoms with Crippen LogP contribution in [0.4, 0.5) is 23.2 Å². The number of carbonyl (C=O) groups is 5. The summed E-state index contributed by atoms with van der Waals surface area (Å²) in [6.45, 7) is 4.54. The fourth-order valence-electron chi connectivity index (χ4n) is 4.54. The van der Waals surface area contributed by atoms with Gasteiger partial charge in [0.2, 0.25) is 17.5 Å². The van der Waals surface area contributed by atoms with Crippen molar-refractivity contribution >= 4 is 46.8 Å². The van der Waals surface area contributed by atoms with Crippen molar-refractivity contribution in [2.45, 2.75) is 51.5 Å². The Balaban J connectivity index is 1.59. The van der Waals surface area contributed by atoms with Gasteiger partial charge in [0.25, 0.3) is 0 Å². The summed E-state index contributed by atoms with van der Waals surface area (Å²) in [4.78, 5) is 63.6. The molecular formula is C29H30ClF4N3O7. The molecule has 0 radical (unpaired) electrons. The van der Waals surface area contributed by atoms with Crippen LogP contribution in [0, 0.1) is 29.2 Å². The average Bonchev–Trinajstić information content (AvgIpc) is 2.95. The van der Waals surface area contributed by atoms with Crippen LogP contribution in [0.2, 0.25) is 5.02 Å². The molecule has 3 amide bonds. The lowest BCUT2D eigenvalue weighted by Gasteiger charge is -2.31. The SMILES string of the molecule is CC(C)(C)c1cc(Cl)ccc1NC(=O)C(=O)N1CCC(C(=O)N[C@@H](CC(=O)O)C(=O)COc2c(F)c(F)cc(F)c2F)CC1. The Morgan fingerprint density at radius 2 is 1.61 bits per heavy atom. The number of carboxylic acid groups (broad SMARTS) is 1. The highest BCUT2D eigenvalue weighted by atomic mass is 35.5. The number of benzene rings is 2. The van der Waals surface area contributed by atoms with E-state index in [-0.39, 0.29) is 32.0 Å². The van der Waals surface area contributed by atoms with Crippen LogP contribution in [-0.2, 0) is 29.4 Å². The highest BCUT2D eigenvalue weighted by molar-refractivity contribution is 6.39. The molecule has 0 saturated carbocycles. The van der Waals surface area contributed by atoms with E-state index in [2.05, 4.69) is 15.4 Å². The van der Waals surface area contributed by atoms with E-state index in [9.17, 15) is 46.6 Å². The largest absolute Gasteiger partial charge is 0.481 e. The Labute approximate surface area is 254 Å². The first kappa shape index (κ1) is 34.3. The predicted octanol–water partition coefficient (Wildman–Crippen LogP) is 3.98. The van der Waals surface area contributed by atoms with Crippen molar-refractivity contribution in [1.82, 2.24) is 10.2 Å². The van der Waals surface area contributed by atoms with Crippen molar-refractivity contribution in [1.29, 1.82) is 0 Å². The Bertz CT molecular complexity index is 1450. The number of Topliss-reactive ketones (excluding diaryl/α,β-unsaturated/α-hetero) is 1. The molecule has 0 spiro atoms. The fourth-order valence-corrected chi connectivity index (χ4v) is 4.71. The summed E-state index contributed by atoms with van der Waals surface area (Å²) in [5.41, 5.74) is 0.745. The summed E-state index contributed by atoms with van der Waals surface area (Å²) in [6, 6.07) is 3.10. The molecule has 0 aromatic heterocycles. The van der Waals surface area contributed by atoms with Gasteiger partial charge in [-0.3, -0.25) is 24.0 Å². The maximum atomic E-state index is 13.8. The van der Waals surface area contributed by atoms with E-state index in [1.165, 1.54) is 4.90 Å². The predicted molar refractivity (Wildman–Crippen MR) is 149 cm³/mol. The van der Waals surface area contributed by atoms with Gasteiger partial charge in [-0.1, -0.05) is 32.4 Å². The number of hydrogen-bond donors (Lipinski definition) is 3. The van der Waals surface area contributed by atoms with Crippen molar-refractivity contribution in [3.05, 3.63) is 58.1 Å². The first-order valence-corrected chi connectivity index (χ1v) is 13.8. The topological polar surface area (TPSA) is 142 Å². The minimum Gasteiger partial charge on any atom is -0.481 e. The number of carboxylic acids is 1. The molecule has 1 atom stereocenters. The smallest absolute Gasteiger partial charge is 0.313 e. The number of ketones is 1.